The van der Waals surface area contributed by atoms with E-state index >= 15 is 0 Å². The number of furan rings is 1. The van der Waals surface area contributed by atoms with Gasteiger partial charge in [0, 0.05) is 36.8 Å². The number of rotatable bonds is 8. The fourth-order valence-electron chi connectivity index (χ4n) is 3.07. The number of fused-ring (bicyclic) bond motifs is 5. The lowest BCUT2D eigenvalue weighted by molar-refractivity contribution is 0.231. The minimum Gasteiger partial charge on any atom is -0.493 e. The van der Waals surface area contributed by atoms with E-state index in [1.165, 1.54) is 0 Å². The molecule has 6 nitrogen and oxygen atoms in total. The molecule has 2 aromatic carbocycles. The molecule has 0 radical (unpaired) electrons. The molecule has 0 saturated heterocycles. The number of hydrogen-bond donors (Lipinski definition) is 2. The van der Waals surface area contributed by atoms with Gasteiger partial charge in [0.25, 0.3) is 0 Å². The summed E-state index contributed by atoms with van der Waals surface area (Å²) in [6.07, 6.45) is 1.12. The van der Waals surface area contributed by atoms with E-state index in [2.05, 4.69) is 0 Å². The van der Waals surface area contributed by atoms with E-state index in [1.54, 1.807) is 0 Å². The first-order valence-corrected chi connectivity index (χ1v) is 9.04. The smallest absolute Gasteiger partial charge is 0.222 e. The minimum absolute atomic E-state index is 0.0728. The lowest BCUT2D eigenvalue weighted by Crippen LogP contribution is -2.02. The Morgan fingerprint density at radius 3 is 2.37 bits per heavy atom. The highest BCUT2D eigenvalue weighted by Gasteiger charge is 2.16. The van der Waals surface area contributed by atoms with E-state index in [-0.39, 0.29) is 13.2 Å². The fourth-order valence-corrected chi connectivity index (χ4v) is 3.07. The number of nitrogens with zero attached hydrogens (tertiary/aromatic N) is 1. The van der Waals surface area contributed by atoms with Crippen LogP contribution in [-0.2, 0) is 0 Å². The van der Waals surface area contributed by atoms with Crippen molar-refractivity contribution in [2.24, 2.45) is 0 Å². The maximum absolute atomic E-state index is 9.01. The molecule has 2 heterocycles. The SMILES string of the molecule is OCCCOc1ccc2oc3c4ccccc4c(OCCCO)nc3c2c1. The molecule has 0 spiro atoms. The third kappa shape index (κ3) is 3.41. The molecule has 140 valence electrons. The molecule has 4 aromatic rings. The van der Waals surface area contributed by atoms with Crippen LogP contribution in [0.2, 0.25) is 0 Å². The van der Waals surface area contributed by atoms with Crippen molar-refractivity contribution < 1.29 is 24.1 Å². The van der Waals surface area contributed by atoms with Gasteiger partial charge in [0.05, 0.1) is 18.6 Å². The maximum Gasteiger partial charge on any atom is 0.222 e. The highest BCUT2D eigenvalue weighted by atomic mass is 16.5. The van der Waals surface area contributed by atoms with Crippen molar-refractivity contribution in [1.29, 1.82) is 0 Å². The van der Waals surface area contributed by atoms with E-state index in [4.69, 9.17) is 29.1 Å². The van der Waals surface area contributed by atoms with Crippen molar-refractivity contribution in [1.82, 2.24) is 4.98 Å². The van der Waals surface area contributed by atoms with Gasteiger partial charge in [0.2, 0.25) is 5.88 Å². The van der Waals surface area contributed by atoms with Crippen molar-refractivity contribution in [3.05, 3.63) is 42.5 Å². The summed E-state index contributed by atoms with van der Waals surface area (Å²) in [4.78, 5) is 4.71. The summed E-state index contributed by atoms with van der Waals surface area (Å²) in [7, 11) is 0. The molecule has 0 saturated carbocycles. The number of benzene rings is 2. The summed E-state index contributed by atoms with van der Waals surface area (Å²) in [5.41, 5.74) is 2.16. The van der Waals surface area contributed by atoms with Gasteiger partial charge in [-0.05, 0) is 24.3 Å². The van der Waals surface area contributed by atoms with Crippen LogP contribution in [0.3, 0.4) is 0 Å². The molecule has 0 unspecified atom stereocenters. The van der Waals surface area contributed by atoms with Crippen LogP contribution >= 0.6 is 0 Å². The van der Waals surface area contributed by atoms with Gasteiger partial charge >= 0.3 is 0 Å². The summed E-state index contributed by atoms with van der Waals surface area (Å²) in [5.74, 6) is 1.23. The molecule has 0 bridgehead atoms. The van der Waals surface area contributed by atoms with Crippen LogP contribution in [0.1, 0.15) is 12.8 Å². The van der Waals surface area contributed by atoms with Gasteiger partial charge in [-0.2, -0.15) is 0 Å². The van der Waals surface area contributed by atoms with Crippen molar-refractivity contribution in [3.8, 4) is 11.6 Å². The monoisotopic (exact) mass is 367 g/mol. The lowest BCUT2D eigenvalue weighted by atomic mass is 10.1. The summed E-state index contributed by atoms with van der Waals surface area (Å²) >= 11 is 0. The zero-order valence-electron chi connectivity index (χ0n) is 14.9. The first-order valence-electron chi connectivity index (χ1n) is 9.04. The van der Waals surface area contributed by atoms with Crippen LogP contribution in [0.5, 0.6) is 11.6 Å². The highest BCUT2D eigenvalue weighted by Crippen LogP contribution is 2.37. The van der Waals surface area contributed by atoms with Gasteiger partial charge in [-0.25, -0.2) is 4.98 Å². The molecule has 0 atom stereocenters. The van der Waals surface area contributed by atoms with Gasteiger partial charge in [-0.15, -0.1) is 0 Å². The Bertz CT molecular complexity index is 1070. The van der Waals surface area contributed by atoms with Crippen LogP contribution < -0.4 is 9.47 Å². The Kier molecular flexibility index (Phi) is 5.09. The third-order valence-electron chi connectivity index (χ3n) is 4.36. The average Bonchev–Trinajstić information content (AvgIpc) is 3.07. The van der Waals surface area contributed by atoms with E-state index in [0.717, 1.165) is 27.3 Å². The predicted octanol–water partition coefficient (Wildman–Crippen LogP) is 3.66. The van der Waals surface area contributed by atoms with Crippen molar-refractivity contribution in [3.63, 3.8) is 0 Å². The molecule has 0 amide bonds. The molecule has 0 aliphatic heterocycles. The third-order valence-corrected chi connectivity index (χ3v) is 4.36. The van der Waals surface area contributed by atoms with Crippen LogP contribution in [0.15, 0.2) is 46.9 Å². The molecule has 27 heavy (non-hydrogen) atoms. The van der Waals surface area contributed by atoms with Gasteiger partial charge in [0.1, 0.15) is 16.8 Å². The second kappa shape index (κ2) is 7.82. The summed E-state index contributed by atoms with van der Waals surface area (Å²) in [6.45, 7) is 1.01. The topological polar surface area (TPSA) is 85.0 Å². The standard InChI is InChI=1S/C21H21NO5/c23-9-3-11-25-14-7-8-18-17(13-14)19-20(27-18)15-5-1-2-6-16(15)21(22-19)26-12-4-10-24/h1-2,5-8,13,23-24H,3-4,9-12H2. The number of aromatic nitrogens is 1. The molecule has 4 rings (SSSR count). The second-order valence-corrected chi connectivity index (χ2v) is 6.25. The van der Waals surface area contributed by atoms with Crippen molar-refractivity contribution in [2.45, 2.75) is 12.8 Å². The van der Waals surface area contributed by atoms with Crippen LogP contribution in [0.25, 0.3) is 32.8 Å². The predicted molar refractivity (Wildman–Crippen MR) is 103 cm³/mol. The number of aliphatic hydroxyl groups excluding tert-OH is 2. The van der Waals surface area contributed by atoms with E-state index in [9.17, 15) is 0 Å². The Morgan fingerprint density at radius 2 is 1.59 bits per heavy atom. The molecule has 0 fully saturated rings. The van der Waals surface area contributed by atoms with E-state index in [0.29, 0.717) is 43.3 Å². The number of pyridine rings is 1. The Hall–Kier alpha value is -2.83. The molecule has 0 aliphatic carbocycles. The van der Waals surface area contributed by atoms with E-state index < -0.39 is 0 Å². The maximum atomic E-state index is 9.01. The Labute approximate surface area is 155 Å². The minimum atomic E-state index is 0.0728. The second-order valence-electron chi connectivity index (χ2n) is 6.25. The first kappa shape index (κ1) is 17.6. The van der Waals surface area contributed by atoms with Gasteiger partial charge in [0.15, 0.2) is 5.58 Å². The lowest BCUT2D eigenvalue weighted by Gasteiger charge is -2.08. The fraction of sp³-hybridized carbons (Fsp3) is 0.286. The summed E-state index contributed by atoms with van der Waals surface area (Å²) in [5, 5.41) is 20.6. The summed E-state index contributed by atoms with van der Waals surface area (Å²) in [6, 6.07) is 13.4. The Balaban J connectivity index is 1.84. The van der Waals surface area contributed by atoms with Crippen LogP contribution in [0.4, 0.5) is 0 Å². The molecule has 6 heteroatoms. The van der Waals surface area contributed by atoms with Crippen LogP contribution in [0, 0.1) is 0 Å². The molecule has 2 N–H and O–H groups in total. The molecular formula is C21H21NO5. The van der Waals surface area contributed by atoms with Gasteiger partial charge in [-0.3, -0.25) is 0 Å². The number of hydrogen-bond acceptors (Lipinski definition) is 6. The zero-order valence-corrected chi connectivity index (χ0v) is 14.9. The van der Waals surface area contributed by atoms with E-state index in [1.807, 2.05) is 42.5 Å². The number of ether oxygens (including phenoxy) is 2. The normalized spacial score (nSPS) is 11.5. The highest BCUT2D eigenvalue weighted by molar-refractivity contribution is 6.14. The van der Waals surface area contributed by atoms with Crippen molar-refractivity contribution in [2.75, 3.05) is 26.4 Å². The van der Waals surface area contributed by atoms with Gasteiger partial charge < -0.3 is 24.1 Å². The average molecular weight is 367 g/mol. The number of aliphatic hydroxyl groups is 2. The molecule has 0 aliphatic rings. The first-order chi connectivity index (χ1) is 13.3. The largest absolute Gasteiger partial charge is 0.493 e. The zero-order chi connectivity index (χ0) is 18.6. The summed E-state index contributed by atoms with van der Waals surface area (Å²) < 4.78 is 17.6. The van der Waals surface area contributed by atoms with Gasteiger partial charge in [-0.1, -0.05) is 18.2 Å². The quantitative estimate of drug-likeness (QED) is 0.462. The van der Waals surface area contributed by atoms with Crippen LogP contribution in [-0.4, -0.2) is 41.6 Å². The molecular weight excluding hydrogens is 346 g/mol. The molecule has 2 aromatic heterocycles. The van der Waals surface area contributed by atoms with Crippen molar-refractivity contribution >= 4 is 32.8 Å². The Morgan fingerprint density at radius 1 is 0.852 bits per heavy atom.